The van der Waals surface area contributed by atoms with Crippen LogP contribution in [0.4, 0.5) is 17.6 Å². The molecular weight excluding hydrogens is 286 g/mol. The Hall–Kier alpha value is -0.850. The summed E-state index contributed by atoms with van der Waals surface area (Å²) in [6.07, 6.45) is -4.68. The molecule has 0 aliphatic heterocycles. The lowest BCUT2D eigenvalue weighted by Crippen LogP contribution is -2.34. The van der Waals surface area contributed by atoms with Crippen molar-refractivity contribution in [2.45, 2.75) is 26.1 Å². The Labute approximate surface area is 115 Å². The predicted octanol–water partition coefficient (Wildman–Crippen LogP) is 3.28. The molecule has 0 aromatic heterocycles. The standard InChI is InChI=1S/C12H15F4NO.ClH/c1-11(2,6-18)10(17)8-4-3-7(13)5-9(8)12(14,15)16;/h3-5,10,18H,6,17H2,1-2H3;1H/t10-;/m1./s1. The van der Waals surface area contributed by atoms with Gasteiger partial charge < -0.3 is 10.8 Å². The van der Waals surface area contributed by atoms with Crippen LogP contribution in [0.5, 0.6) is 0 Å². The second-order valence-corrected chi connectivity index (χ2v) is 4.85. The molecule has 1 rings (SSSR count). The van der Waals surface area contributed by atoms with Crippen LogP contribution in [0.3, 0.4) is 0 Å². The Bertz CT molecular complexity index is 434. The van der Waals surface area contributed by atoms with Crippen LogP contribution < -0.4 is 5.73 Å². The van der Waals surface area contributed by atoms with Crippen molar-refractivity contribution in [1.29, 1.82) is 0 Å². The topological polar surface area (TPSA) is 46.2 Å². The molecule has 0 bridgehead atoms. The van der Waals surface area contributed by atoms with E-state index in [2.05, 4.69) is 0 Å². The van der Waals surface area contributed by atoms with Crippen molar-refractivity contribution < 1.29 is 22.7 Å². The third-order valence-electron chi connectivity index (χ3n) is 2.91. The van der Waals surface area contributed by atoms with E-state index in [1.54, 1.807) is 13.8 Å². The highest BCUT2D eigenvalue weighted by Crippen LogP contribution is 2.39. The van der Waals surface area contributed by atoms with Crippen molar-refractivity contribution in [2.24, 2.45) is 11.1 Å². The lowest BCUT2D eigenvalue weighted by atomic mass is 9.80. The zero-order valence-electron chi connectivity index (χ0n) is 10.5. The first kappa shape index (κ1) is 18.1. The molecule has 0 spiro atoms. The molecule has 0 radical (unpaired) electrons. The Balaban J connectivity index is 0.00000324. The SMILES string of the molecule is CC(C)(CO)[C@H](N)c1ccc(F)cc1C(F)(F)F.Cl. The smallest absolute Gasteiger partial charge is 0.396 e. The highest BCUT2D eigenvalue weighted by molar-refractivity contribution is 5.85. The van der Waals surface area contributed by atoms with Crippen molar-refractivity contribution in [3.05, 3.63) is 35.1 Å². The second kappa shape index (κ2) is 6.07. The molecule has 0 saturated carbocycles. The minimum atomic E-state index is -4.68. The van der Waals surface area contributed by atoms with E-state index in [4.69, 9.17) is 10.8 Å². The van der Waals surface area contributed by atoms with E-state index in [0.717, 1.165) is 12.1 Å². The number of aliphatic hydroxyl groups excluding tert-OH is 1. The molecule has 0 unspecified atom stereocenters. The highest BCUT2D eigenvalue weighted by atomic mass is 35.5. The fourth-order valence-corrected chi connectivity index (χ4v) is 1.56. The van der Waals surface area contributed by atoms with Gasteiger partial charge in [-0.15, -0.1) is 12.4 Å². The van der Waals surface area contributed by atoms with E-state index >= 15 is 0 Å². The van der Waals surface area contributed by atoms with Gasteiger partial charge in [0.15, 0.2) is 0 Å². The van der Waals surface area contributed by atoms with Gasteiger partial charge in [-0.2, -0.15) is 13.2 Å². The number of alkyl halides is 3. The first-order valence-corrected chi connectivity index (χ1v) is 5.32. The minimum Gasteiger partial charge on any atom is -0.396 e. The molecule has 0 heterocycles. The minimum absolute atomic E-state index is 0. The van der Waals surface area contributed by atoms with Crippen molar-refractivity contribution in [1.82, 2.24) is 0 Å². The summed E-state index contributed by atoms with van der Waals surface area (Å²) in [5.41, 5.74) is 3.50. The summed E-state index contributed by atoms with van der Waals surface area (Å²) < 4.78 is 51.3. The van der Waals surface area contributed by atoms with Crippen LogP contribution in [0.15, 0.2) is 18.2 Å². The van der Waals surface area contributed by atoms with Gasteiger partial charge in [-0.1, -0.05) is 19.9 Å². The first-order valence-electron chi connectivity index (χ1n) is 5.32. The Morgan fingerprint density at radius 2 is 1.79 bits per heavy atom. The second-order valence-electron chi connectivity index (χ2n) is 4.85. The number of aliphatic hydroxyl groups is 1. The van der Waals surface area contributed by atoms with Crippen LogP contribution in [-0.2, 0) is 6.18 Å². The Morgan fingerprint density at radius 1 is 1.26 bits per heavy atom. The molecule has 1 aromatic carbocycles. The van der Waals surface area contributed by atoms with Gasteiger partial charge >= 0.3 is 6.18 Å². The molecule has 110 valence electrons. The van der Waals surface area contributed by atoms with Gasteiger partial charge in [0.2, 0.25) is 0 Å². The molecule has 1 atom stereocenters. The van der Waals surface area contributed by atoms with E-state index in [9.17, 15) is 17.6 Å². The number of hydrogen-bond acceptors (Lipinski definition) is 2. The number of benzene rings is 1. The van der Waals surface area contributed by atoms with Crippen LogP contribution in [-0.4, -0.2) is 11.7 Å². The normalized spacial score (nSPS) is 13.9. The predicted molar refractivity (Wildman–Crippen MR) is 66.4 cm³/mol. The summed E-state index contributed by atoms with van der Waals surface area (Å²) >= 11 is 0. The third-order valence-corrected chi connectivity index (χ3v) is 2.91. The molecule has 0 amide bonds. The maximum atomic E-state index is 12.9. The van der Waals surface area contributed by atoms with Crippen molar-refractivity contribution >= 4 is 12.4 Å². The largest absolute Gasteiger partial charge is 0.416 e. The van der Waals surface area contributed by atoms with E-state index in [1.807, 2.05) is 0 Å². The fourth-order valence-electron chi connectivity index (χ4n) is 1.56. The summed E-state index contributed by atoms with van der Waals surface area (Å²) in [6, 6.07) is 1.32. The van der Waals surface area contributed by atoms with Gasteiger partial charge in [0.1, 0.15) is 5.82 Å². The summed E-state index contributed by atoms with van der Waals surface area (Å²) in [7, 11) is 0. The first-order chi connectivity index (χ1) is 8.09. The molecule has 7 heteroatoms. The van der Waals surface area contributed by atoms with E-state index in [0.29, 0.717) is 6.07 Å². The summed E-state index contributed by atoms with van der Waals surface area (Å²) in [5.74, 6) is -0.972. The molecule has 1 aromatic rings. The van der Waals surface area contributed by atoms with Crippen LogP contribution in [0, 0.1) is 11.2 Å². The van der Waals surface area contributed by atoms with Gasteiger partial charge in [-0.25, -0.2) is 4.39 Å². The van der Waals surface area contributed by atoms with Gasteiger partial charge in [0, 0.05) is 18.1 Å². The quantitative estimate of drug-likeness (QED) is 0.842. The summed E-state index contributed by atoms with van der Waals surface area (Å²) in [4.78, 5) is 0. The molecule has 2 nitrogen and oxygen atoms in total. The van der Waals surface area contributed by atoms with Crippen LogP contribution in [0.25, 0.3) is 0 Å². The molecule has 3 N–H and O–H groups in total. The molecule has 19 heavy (non-hydrogen) atoms. The third kappa shape index (κ3) is 4.06. The maximum Gasteiger partial charge on any atom is 0.416 e. The fraction of sp³-hybridized carbons (Fsp3) is 0.500. The summed E-state index contributed by atoms with van der Waals surface area (Å²) in [5, 5.41) is 9.14. The molecular formula is C12H16ClF4NO. The molecule has 0 fully saturated rings. The molecule has 0 aliphatic carbocycles. The number of halogens is 5. The van der Waals surface area contributed by atoms with E-state index in [-0.39, 0.29) is 24.6 Å². The Morgan fingerprint density at radius 3 is 2.21 bits per heavy atom. The van der Waals surface area contributed by atoms with Gasteiger partial charge in [-0.05, 0) is 17.7 Å². The van der Waals surface area contributed by atoms with E-state index in [1.165, 1.54) is 0 Å². The Kier molecular flexibility index (Phi) is 5.80. The van der Waals surface area contributed by atoms with Gasteiger partial charge in [-0.3, -0.25) is 0 Å². The lowest BCUT2D eigenvalue weighted by molar-refractivity contribution is -0.138. The average Bonchev–Trinajstić information content (AvgIpc) is 2.27. The van der Waals surface area contributed by atoms with Crippen molar-refractivity contribution in [3.8, 4) is 0 Å². The number of hydrogen-bond donors (Lipinski definition) is 2. The van der Waals surface area contributed by atoms with Crippen LogP contribution in [0.1, 0.15) is 31.0 Å². The average molecular weight is 302 g/mol. The molecule has 0 aliphatic rings. The zero-order chi connectivity index (χ0) is 14.1. The van der Waals surface area contributed by atoms with Crippen LogP contribution >= 0.6 is 12.4 Å². The van der Waals surface area contributed by atoms with Crippen LogP contribution in [0.2, 0.25) is 0 Å². The monoisotopic (exact) mass is 301 g/mol. The lowest BCUT2D eigenvalue weighted by Gasteiger charge is -2.31. The molecule has 0 saturated heterocycles. The summed E-state index contributed by atoms with van der Waals surface area (Å²) in [6.45, 7) is 2.71. The number of nitrogens with two attached hydrogens (primary N) is 1. The highest BCUT2D eigenvalue weighted by Gasteiger charge is 2.38. The zero-order valence-corrected chi connectivity index (χ0v) is 11.3. The van der Waals surface area contributed by atoms with E-state index < -0.39 is 29.0 Å². The maximum absolute atomic E-state index is 12.9. The number of rotatable bonds is 3. The van der Waals surface area contributed by atoms with Crippen molar-refractivity contribution in [3.63, 3.8) is 0 Å². The van der Waals surface area contributed by atoms with Gasteiger partial charge in [0.25, 0.3) is 0 Å². The van der Waals surface area contributed by atoms with Gasteiger partial charge in [0.05, 0.1) is 5.56 Å². The van der Waals surface area contributed by atoms with Crippen molar-refractivity contribution in [2.75, 3.05) is 6.61 Å².